The summed E-state index contributed by atoms with van der Waals surface area (Å²) in [4.78, 5) is 15.5. The van der Waals surface area contributed by atoms with E-state index in [1.165, 1.54) is 18.3 Å². The second-order valence-corrected chi connectivity index (χ2v) is 6.35. The number of nitrogens with zero attached hydrogens (tertiary/aromatic N) is 1. The van der Waals surface area contributed by atoms with Crippen LogP contribution in [0.25, 0.3) is 0 Å². The zero-order valence-corrected chi connectivity index (χ0v) is 11.4. The van der Waals surface area contributed by atoms with Crippen molar-refractivity contribution < 1.29 is 13.2 Å². The molecule has 1 aromatic rings. The van der Waals surface area contributed by atoms with E-state index in [1.54, 1.807) is 6.92 Å². The van der Waals surface area contributed by atoms with Gasteiger partial charge in [-0.3, -0.25) is 4.79 Å². The lowest BCUT2D eigenvalue weighted by molar-refractivity contribution is -0.120. The summed E-state index contributed by atoms with van der Waals surface area (Å²) in [7, 11) is -3.33. The second-order valence-electron chi connectivity index (χ2n) is 4.38. The molecule has 7 heteroatoms. The number of carbonyl (C=O) groups is 1. The maximum absolute atomic E-state index is 11.8. The molecule has 0 aliphatic carbocycles. The highest BCUT2D eigenvalue weighted by Gasteiger charge is 2.26. The number of nitrogens with two attached hydrogens (primary N) is 1. The standard InChI is InChI=1S/C11H17N3O3S/c1-4-11(2,12)10(15)14-8-5-6-9(13-7-8)18(3,16)17/h5-7H,4,12H2,1-3H3,(H,14,15). The first-order chi connectivity index (χ1) is 8.16. The normalized spacial score (nSPS) is 14.9. The number of carbonyl (C=O) groups excluding carboxylic acids is 1. The predicted octanol–water partition coefficient (Wildman–Crippen LogP) is 0.551. The number of aromatic nitrogens is 1. The van der Waals surface area contributed by atoms with Crippen molar-refractivity contribution in [2.45, 2.75) is 30.8 Å². The zero-order valence-electron chi connectivity index (χ0n) is 10.6. The molecule has 0 bridgehead atoms. The smallest absolute Gasteiger partial charge is 0.244 e. The molecule has 0 aliphatic rings. The van der Waals surface area contributed by atoms with E-state index in [0.29, 0.717) is 12.1 Å². The molecular formula is C11H17N3O3S. The Hall–Kier alpha value is -1.47. The lowest BCUT2D eigenvalue weighted by Gasteiger charge is -2.21. The van der Waals surface area contributed by atoms with Crippen LogP contribution in [0.2, 0.25) is 0 Å². The second kappa shape index (κ2) is 5.03. The molecule has 0 aliphatic heterocycles. The summed E-state index contributed by atoms with van der Waals surface area (Å²) in [6.45, 7) is 3.44. The van der Waals surface area contributed by atoms with Crippen LogP contribution in [0.15, 0.2) is 23.4 Å². The molecule has 6 nitrogen and oxygen atoms in total. The van der Waals surface area contributed by atoms with Gasteiger partial charge in [0.2, 0.25) is 5.91 Å². The Balaban J connectivity index is 2.86. The molecule has 3 N–H and O–H groups in total. The van der Waals surface area contributed by atoms with Crippen molar-refractivity contribution in [3.05, 3.63) is 18.3 Å². The van der Waals surface area contributed by atoms with E-state index in [0.717, 1.165) is 6.26 Å². The third-order valence-electron chi connectivity index (χ3n) is 2.63. The van der Waals surface area contributed by atoms with Gasteiger partial charge in [0.15, 0.2) is 14.9 Å². The number of nitrogens with one attached hydrogen (secondary N) is 1. The van der Waals surface area contributed by atoms with Crippen LogP contribution in [0, 0.1) is 0 Å². The number of rotatable bonds is 4. The average molecular weight is 271 g/mol. The Bertz CT molecular complexity index is 535. The minimum absolute atomic E-state index is 0.0356. The van der Waals surface area contributed by atoms with Gasteiger partial charge in [-0.25, -0.2) is 13.4 Å². The van der Waals surface area contributed by atoms with Crippen LogP contribution in [-0.4, -0.2) is 31.1 Å². The molecule has 1 rings (SSSR count). The Labute approximate surface area is 107 Å². The lowest BCUT2D eigenvalue weighted by atomic mass is 9.99. The van der Waals surface area contributed by atoms with Gasteiger partial charge in [0, 0.05) is 6.26 Å². The molecule has 0 fully saturated rings. The van der Waals surface area contributed by atoms with Gasteiger partial charge >= 0.3 is 0 Å². The maximum Gasteiger partial charge on any atom is 0.244 e. The Morgan fingerprint density at radius 1 is 1.50 bits per heavy atom. The lowest BCUT2D eigenvalue weighted by Crippen LogP contribution is -2.47. The molecule has 1 atom stereocenters. The third-order valence-corrected chi connectivity index (χ3v) is 3.63. The summed E-state index contributed by atoms with van der Waals surface area (Å²) in [5.74, 6) is -0.334. The van der Waals surface area contributed by atoms with Gasteiger partial charge in [0.1, 0.15) is 0 Å². The van der Waals surface area contributed by atoms with Gasteiger partial charge < -0.3 is 11.1 Å². The summed E-state index contributed by atoms with van der Waals surface area (Å²) in [6.07, 6.45) is 2.86. The largest absolute Gasteiger partial charge is 0.323 e. The van der Waals surface area contributed by atoms with Gasteiger partial charge in [-0.05, 0) is 25.5 Å². The van der Waals surface area contributed by atoms with Gasteiger partial charge in [-0.15, -0.1) is 0 Å². The number of anilines is 1. The molecule has 1 unspecified atom stereocenters. The molecule has 0 saturated carbocycles. The van der Waals surface area contributed by atoms with Gasteiger partial charge in [-0.2, -0.15) is 0 Å². The minimum Gasteiger partial charge on any atom is -0.323 e. The maximum atomic E-state index is 11.8. The molecule has 0 radical (unpaired) electrons. The number of amides is 1. The highest BCUT2D eigenvalue weighted by atomic mass is 32.2. The van der Waals surface area contributed by atoms with Gasteiger partial charge in [0.05, 0.1) is 17.4 Å². The van der Waals surface area contributed by atoms with Crippen molar-refractivity contribution in [1.82, 2.24) is 4.98 Å². The van der Waals surface area contributed by atoms with E-state index in [9.17, 15) is 13.2 Å². The molecule has 18 heavy (non-hydrogen) atoms. The highest BCUT2D eigenvalue weighted by Crippen LogP contribution is 2.13. The first kappa shape index (κ1) is 14.6. The van der Waals surface area contributed by atoms with E-state index in [1.807, 2.05) is 6.92 Å². The van der Waals surface area contributed by atoms with Crippen LogP contribution in [0.5, 0.6) is 0 Å². The quantitative estimate of drug-likeness (QED) is 0.832. The van der Waals surface area contributed by atoms with Crippen LogP contribution < -0.4 is 11.1 Å². The molecule has 1 heterocycles. The monoisotopic (exact) mass is 271 g/mol. The summed E-state index contributed by atoms with van der Waals surface area (Å²) in [5, 5.41) is 2.55. The average Bonchev–Trinajstić information content (AvgIpc) is 2.28. The highest BCUT2D eigenvalue weighted by molar-refractivity contribution is 7.90. The van der Waals surface area contributed by atoms with Crippen molar-refractivity contribution in [1.29, 1.82) is 0 Å². The first-order valence-corrected chi connectivity index (χ1v) is 7.32. The number of hydrogen-bond acceptors (Lipinski definition) is 5. The Morgan fingerprint density at radius 2 is 2.11 bits per heavy atom. The Kier molecular flexibility index (Phi) is 4.08. The number of hydrogen-bond donors (Lipinski definition) is 2. The van der Waals surface area contributed by atoms with Crippen molar-refractivity contribution in [2.24, 2.45) is 5.73 Å². The van der Waals surface area contributed by atoms with Gasteiger partial charge in [-0.1, -0.05) is 6.92 Å². The van der Waals surface area contributed by atoms with Crippen LogP contribution in [0.4, 0.5) is 5.69 Å². The molecule has 0 spiro atoms. The molecular weight excluding hydrogens is 254 g/mol. The van der Waals surface area contributed by atoms with Crippen molar-refractivity contribution in [3.8, 4) is 0 Å². The minimum atomic E-state index is -3.33. The fourth-order valence-electron chi connectivity index (χ4n) is 1.11. The van der Waals surface area contributed by atoms with Crippen LogP contribution in [-0.2, 0) is 14.6 Å². The van der Waals surface area contributed by atoms with Crippen LogP contribution >= 0.6 is 0 Å². The van der Waals surface area contributed by atoms with Crippen LogP contribution in [0.3, 0.4) is 0 Å². The SMILES string of the molecule is CCC(C)(N)C(=O)Nc1ccc(S(C)(=O)=O)nc1. The molecule has 100 valence electrons. The molecule has 0 saturated heterocycles. The topological polar surface area (TPSA) is 102 Å². The molecule has 0 aromatic carbocycles. The number of pyridine rings is 1. The zero-order chi connectivity index (χ0) is 14.0. The first-order valence-electron chi connectivity index (χ1n) is 5.43. The van der Waals surface area contributed by atoms with E-state index in [4.69, 9.17) is 5.73 Å². The predicted molar refractivity (Wildman–Crippen MR) is 68.9 cm³/mol. The van der Waals surface area contributed by atoms with E-state index < -0.39 is 15.4 Å². The third kappa shape index (κ3) is 3.51. The fraction of sp³-hybridized carbons (Fsp3) is 0.455. The van der Waals surface area contributed by atoms with Crippen molar-refractivity contribution in [3.63, 3.8) is 0 Å². The Morgan fingerprint density at radius 3 is 2.50 bits per heavy atom. The van der Waals surface area contributed by atoms with E-state index in [-0.39, 0.29) is 10.9 Å². The molecule has 1 amide bonds. The summed E-state index contributed by atoms with van der Waals surface area (Å²) in [5.41, 5.74) is 5.23. The summed E-state index contributed by atoms with van der Waals surface area (Å²) < 4.78 is 22.4. The summed E-state index contributed by atoms with van der Waals surface area (Å²) >= 11 is 0. The van der Waals surface area contributed by atoms with Crippen molar-refractivity contribution in [2.75, 3.05) is 11.6 Å². The van der Waals surface area contributed by atoms with Crippen molar-refractivity contribution >= 4 is 21.4 Å². The summed E-state index contributed by atoms with van der Waals surface area (Å²) in [6, 6.07) is 2.82. The fourth-order valence-corrected chi connectivity index (χ4v) is 1.67. The van der Waals surface area contributed by atoms with Gasteiger partial charge in [0.25, 0.3) is 0 Å². The molecule has 1 aromatic heterocycles. The number of sulfone groups is 1. The van der Waals surface area contributed by atoms with E-state index >= 15 is 0 Å². The van der Waals surface area contributed by atoms with E-state index in [2.05, 4.69) is 10.3 Å². The van der Waals surface area contributed by atoms with Crippen LogP contribution in [0.1, 0.15) is 20.3 Å².